The van der Waals surface area contributed by atoms with Crippen molar-refractivity contribution in [3.63, 3.8) is 0 Å². The summed E-state index contributed by atoms with van der Waals surface area (Å²) in [7, 11) is 0. The fourth-order valence-corrected chi connectivity index (χ4v) is 4.55. The molecular weight excluding hydrogens is 364 g/mol. The fourth-order valence-electron chi connectivity index (χ4n) is 3.50. The molecular formula is C24H24N2OS. The van der Waals surface area contributed by atoms with Gasteiger partial charge in [0.1, 0.15) is 0 Å². The molecule has 1 N–H and O–H groups in total. The minimum Gasteiger partial charge on any atom is -0.353 e. The summed E-state index contributed by atoms with van der Waals surface area (Å²) in [4.78, 5) is 12.4. The van der Waals surface area contributed by atoms with Crippen LogP contribution in [-0.4, -0.2) is 5.78 Å². The highest BCUT2D eigenvalue weighted by Gasteiger charge is 2.32. The Morgan fingerprint density at radius 2 is 1.79 bits per heavy atom. The molecule has 0 radical (unpaired) electrons. The van der Waals surface area contributed by atoms with Crippen LogP contribution in [0.5, 0.6) is 0 Å². The second-order valence-corrected chi connectivity index (χ2v) is 7.86. The maximum atomic E-state index is 12.4. The second-order valence-electron chi connectivity index (χ2n) is 6.88. The standard InChI is InChI=1S/C24H24N2OS/c1-4-18-10-12-20(13-11-18)23-21(14-25)24(26-16(2)22(23)17(3)27)28-15-19-8-6-5-7-9-19/h5-13,23,26H,4,15H2,1-3H3/t23-/m1/s1. The molecule has 1 atom stereocenters. The molecule has 3 nitrogen and oxygen atoms in total. The number of nitrogens with zero attached hydrogens (tertiary/aromatic N) is 1. The van der Waals surface area contributed by atoms with Gasteiger partial charge < -0.3 is 5.32 Å². The Hall–Kier alpha value is -2.77. The summed E-state index contributed by atoms with van der Waals surface area (Å²) >= 11 is 1.61. The minimum atomic E-state index is -0.326. The molecule has 0 aromatic heterocycles. The lowest BCUT2D eigenvalue weighted by Gasteiger charge is -2.29. The van der Waals surface area contributed by atoms with E-state index in [4.69, 9.17) is 0 Å². The van der Waals surface area contributed by atoms with Crippen molar-refractivity contribution in [3.8, 4) is 6.07 Å². The third-order valence-electron chi connectivity index (χ3n) is 4.97. The number of aryl methyl sites for hydroxylation is 1. The first-order valence-electron chi connectivity index (χ1n) is 9.43. The lowest BCUT2D eigenvalue weighted by atomic mass is 9.81. The van der Waals surface area contributed by atoms with Crippen LogP contribution in [0.25, 0.3) is 0 Å². The maximum Gasteiger partial charge on any atom is 0.158 e. The highest BCUT2D eigenvalue weighted by Crippen LogP contribution is 2.41. The molecule has 1 aliphatic heterocycles. The van der Waals surface area contributed by atoms with Gasteiger partial charge in [-0.25, -0.2) is 0 Å². The van der Waals surface area contributed by atoms with Crippen molar-refractivity contribution < 1.29 is 4.79 Å². The molecule has 0 amide bonds. The maximum absolute atomic E-state index is 12.4. The number of nitrogens with one attached hydrogen (secondary N) is 1. The monoisotopic (exact) mass is 388 g/mol. The Morgan fingerprint density at radius 1 is 1.11 bits per heavy atom. The van der Waals surface area contributed by atoms with Crippen LogP contribution in [0.4, 0.5) is 0 Å². The van der Waals surface area contributed by atoms with Gasteiger partial charge in [-0.05, 0) is 37.0 Å². The molecule has 0 fully saturated rings. The molecule has 4 heteroatoms. The summed E-state index contributed by atoms with van der Waals surface area (Å²) in [6.07, 6.45) is 0.958. The van der Waals surface area contributed by atoms with E-state index in [1.807, 2.05) is 37.3 Å². The Labute approximate surface area is 171 Å². The number of nitriles is 1. The van der Waals surface area contributed by atoms with Crippen LogP contribution < -0.4 is 5.32 Å². The third-order valence-corrected chi connectivity index (χ3v) is 6.06. The number of Topliss-reactive ketones (excluding diaryl/α,β-unsaturated/α-hetero) is 1. The van der Waals surface area contributed by atoms with E-state index in [0.717, 1.165) is 28.5 Å². The smallest absolute Gasteiger partial charge is 0.158 e. The first-order chi connectivity index (χ1) is 13.5. The normalized spacial score (nSPS) is 16.6. The van der Waals surface area contributed by atoms with Gasteiger partial charge in [0, 0.05) is 17.0 Å². The lowest BCUT2D eigenvalue weighted by molar-refractivity contribution is -0.113. The zero-order valence-electron chi connectivity index (χ0n) is 16.5. The van der Waals surface area contributed by atoms with Crippen LogP contribution in [0.3, 0.4) is 0 Å². The van der Waals surface area contributed by atoms with E-state index in [2.05, 4.69) is 42.6 Å². The number of carbonyl (C=O) groups is 1. The number of hydrogen-bond acceptors (Lipinski definition) is 4. The van der Waals surface area contributed by atoms with Gasteiger partial charge in [-0.1, -0.05) is 61.5 Å². The van der Waals surface area contributed by atoms with Crippen molar-refractivity contribution in [2.75, 3.05) is 0 Å². The summed E-state index contributed by atoms with van der Waals surface area (Å²) in [6, 6.07) is 20.8. The topological polar surface area (TPSA) is 52.9 Å². The Balaban J connectivity index is 2.01. The van der Waals surface area contributed by atoms with E-state index in [0.29, 0.717) is 11.1 Å². The zero-order chi connectivity index (χ0) is 20.1. The SMILES string of the molecule is CCc1ccc([C@@H]2C(C#N)=C(SCc3ccccc3)NC(C)=C2C(C)=O)cc1. The van der Waals surface area contributed by atoms with Gasteiger partial charge in [0.2, 0.25) is 0 Å². The van der Waals surface area contributed by atoms with Crippen molar-refractivity contribution >= 4 is 17.5 Å². The van der Waals surface area contributed by atoms with Crippen LogP contribution in [0.15, 0.2) is 76.5 Å². The number of dihydropyridines is 1. The van der Waals surface area contributed by atoms with Crippen molar-refractivity contribution in [2.24, 2.45) is 0 Å². The predicted octanol–water partition coefficient (Wildman–Crippen LogP) is 5.47. The van der Waals surface area contributed by atoms with E-state index in [-0.39, 0.29) is 11.7 Å². The summed E-state index contributed by atoms with van der Waals surface area (Å²) in [6.45, 7) is 5.61. The quantitative estimate of drug-likeness (QED) is 0.713. The van der Waals surface area contributed by atoms with Gasteiger partial charge in [0.15, 0.2) is 5.78 Å². The molecule has 0 spiro atoms. The Kier molecular flexibility index (Phi) is 6.38. The molecule has 0 bridgehead atoms. The largest absolute Gasteiger partial charge is 0.353 e. The second kappa shape index (κ2) is 8.95. The summed E-state index contributed by atoms with van der Waals surface area (Å²) < 4.78 is 0. The molecule has 0 aliphatic carbocycles. The predicted molar refractivity (Wildman–Crippen MR) is 115 cm³/mol. The van der Waals surface area contributed by atoms with E-state index in [1.54, 1.807) is 18.7 Å². The molecule has 142 valence electrons. The molecule has 3 rings (SSSR count). The number of carbonyl (C=O) groups excluding carboxylic acids is 1. The van der Waals surface area contributed by atoms with Crippen LogP contribution in [0, 0.1) is 11.3 Å². The number of rotatable bonds is 6. The molecule has 1 aliphatic rings. The van der Waals surface area contributed by atoms with Gasteiger partial charge >= 0.3 is 0 Å². The number of allylic oxidation sites excluding steroid dienone is 3. The van der Waals surface area contributed by atoms with Crippen molar-refractivity contribution in [1.29, 1.82) is 5.26 Å². The molecule has 0 saturated heterocycles. The lowest BCUT2D eigenvalue weighted by Crippen LogP contribution is -2.27. The number of benzene rings is 2. The first kappa shape index (κ1) is 20.0. The summed E-state index contributed by atoms with van der Waals surface area (Å²) in [5.74, 6) is 0.431. The molecule has 0 saturated carbocycles. The molecule has 0 unspecified atom stereocenters. The van der Waals surface area contributed by atoms with Crippen molar-refractivity contribution in [2.45, 2.75) is 38.9 Å². The van der Waals surface area contributed by atoms with Gasteiger partial charge in [0.25, 0.3) is 0 Å². The van der Waals surface area contributed by atoms with E-state index >= 15 is 0 Å². The van der Waals surface area contributed by atoms with Gasteiger partial charge in [-0.2, -0.15) is 5.26 Å². The number of hydrogen-bond donors (Lipinski definition) is 1. The van der Waals surface area contributed by atoms with Gasteiger partial charge in [-0.3, -0.25) is 4.79 Å². The van der Waals surface area contributed by atoms with Crippen LogP contribution in [0.1, 0.15) is 43.4 Å². The van der Waals surface area contributed by atoms with E-state index in [9.17, 15) is 10.1 Å². The summed E-state index contributed by atoms with van der Waals surface area (Å²) in [5, 5.41) is 14.1. The van der Waals surface area contributed by atoms with Gasteiger partial charge in [-0.15, -0.1) is 11.8 Å². The van der Waals surface area contributed by atoms with Gasteiger partial charge in [0.05, 0.1) is 22.6 Å². The van der Waals surface area contributed by atoms with E-state index < -0.39 is 0 Å². The molecule has 2 aromatic carbocycles. The zero-order valence-corrected chi connectivity index (χ0v) is 17.3. The fraction of sp³-hybridized carbons (Fsp3) is 0.250. The van der Waals surface area contributed by atoms with E-state index in [1.165, 1.54) is 11.1 Å². The molecule has 28 heavy (non-hydrogen) atoms. The first-order valence-corrected chi connectivity index (χ1v) is 10.4. The average Bonchev–Trinajstić information content (AvgIpc) is 2.72. The van der Waals surface area contributed by atoms with Crippen molar-refractivity contribution in [1.82, 2.24) is 5.32 Å². The third kappa shape index (κ3) is 4.21. The minimum absolute atomic E-state index is 0.00516. The highest BCUT2D eigenvalue weighted by molar-refractivity contribution is 8.02. The van der Waals surface area contributed by atoms with Crippen LogP contribution in [0.2, 0.25) is 0 Å². The Bertz CT molecular complexity index is 966. The van der Waals surface area contributed by atoms with Crippen LogP contribution in [-0.2, 0) is 17.0 Å². The van der Waals surface area contributed by atoms with Crippen LogP contribution >= 0.6 is 11.8 Å². The molecule has 2 aromatic rings. The number of thioether (sulfide) groups is 1. The van der Waals surface area contributed by atoms with Crippen molar-refractivity contribution in [3.05, 3.63) is 93.2 Å². The summed E-state index contributed by atoms with van der Waals surface area (Å²) in [5.41, 5.74) is 5.53. The Morgan fingerprint density at radius 3 is 2.36 bits per heavy atom. The number of ketones is 1. The highest BCUT2D eigenvalue weighted by atomic mass is 32.2. The average molecular weight is 389 g/mol. The molecule has 1 heterocycles.